The first-order chi connectivity index (χ1) is 16.0. The van der Waals surface area contributed by atoms with Gasteiger partial charge in [0, 0.05) is 41.4 Å². The Morgan fingerprint density at radius 1 is 1.12 bits per heavy atom. The number of carbonyl (C=O) groups is 2. The maximum Gasteiger partial charge on any atom is 0.266 e. The zero-order valence-electron chi connectivity index (χ0n) is 18.8. The normalized spacial score (nSPS) is 14.2. The molecular weight excluding hydrogens is 416 g/mol. The molecule has 33 heavy (non-hydrogen) atoms. The Hall–Kier alpha value is -3.89. The van der Waals surface area contributed by atoms with Crippen molar-refractivity contribution in [3.05, 3.63) is 70.9 Å². The van der Waals surface area contributed by atoms with Crippen LogP contribution in [0.3, 0.4) is 0 Å². The number of hydrogen-bond acceptors (Lipinski definition) is 4. The minimum Gasteiger partial charge on any atom is -0.378 e. The van der Waals surface area contributed by atoms with E-state index in [1.807, 2.05) is 73.1 Å². The van der Waals surface area contributed by atoms with Crippen LogP contribution in [0.5, 0.6) is 0 Å². The molecule has 1 saturated heterocycles. The molecule has 0 spiro atoms. The molecule has 1 N–H and O–H groups in total. The van der Waals surface area contributed by atoms with Crippen molar-refractivity contribution < 1.29 is 14.3 Å². The summed E-state index contributed by atoms with van der Waals surface area (Å²) in [4.78, 5) is 27.4. The van der Waals surface area contributed by atoms with E-state index in [4.69, 9.17) is 4.74 Å². The average Bonchev–Trinajstić information content (AvgIpc) is 3.17. The van der Waals surface area contributed by atoms with Crippen LogP contribution in [0.2, 0.25) is 0 Å². The van der Waals surface area contributed by atoms with Crippen LogP contribution in [0.25, 0.3) is 17.0 Å². The summed E-state index contributed by atoms with van der Waals surface area (Å²) in [5.41, 5.74) is 4.41. The van der Waals surface area contributed by atoms with Crippen LogP contribution >= 0.6 is 0 Å². The summed E-state index contributed by atoms with van der Waals surface area (Å²) in [6, 6.07) is 15.3. The van der Waals surface area contributed by atoms with E-state index in [9.17, 15) is 14.9 Å². The number of anilines is 1. The summed E-state index contributed by atoms with van der Waals surface area (Å²) in [5, 5.41) is 13.3. The van der Waals surface area contributed by atoms with E-state index in [0.29, 0.717) is 37.6 Å². The van der Waals surface area contributed by atoms with Crippen molar-refractivity contribution in [3.63, 3.8) is 0 Å². The van der Waals surface area contributed by atoms with Gasteiger partial charge in [-0.1, -0.05) is 24.3 Å². The molecule has 2 aromatic carbocycles. The monoisotopic (exact) mass is 442 g/mol. The van der Waals surface area contributed by atoms with Gasteiger partial charge >= 0.3 is 0 Å². The van der Waals surface area contributed by atoms with E-state index >= 15 is 0 Å². The molecule has 2 amide bonds. The van der Waals surface area contributed by atoms with Crippen LogP contribution < -0.4 is 5.32 Å². The van der Waals surface area contributed by atoms with E-state index in [1.54, 1.807) is 11.0 Å². The van der Waals surface area contributed by atoms with Gasteiger partial charge in [-0.25, -0.2) is 0 Å². The van der Waals surface area contributed by atoms with E-state index in [0.717, 1.165) is 22.0 Å². The molecule has 0 saturated carbocycles. The van der Waals surface area contributed by atoms with Crippen LogP contribution in [-0.2, 0) is 20.9 Å². The Morgan fingerprint density at radius 3 is 2.61 bits per heavy atom. The summed E-state index contributed by atoms with van der Waals surface area (Å²) in [7, 11) is 0. The van der Waals surface area contributed by atoms with Gasteiger partial charge in [0.05, 0.1) is 13.2 Å². The second-order valence-electron chi connectivity index (χ2n) is 8.15. The number of nitrogens with one attached hydrogen (secondary N) is 1. The van der Waals surface area contributed by atoms with E-state index in [2.05, 4.69) is 5.32 Å². The van der Waals surface area contributed by atoms with Gasteiger partial charge in [-0.2, -0.15) is 5.26 Å². The van der Waals surface area contributed by atoms with Crippen molar-refractivity contribution in [1.29, 1.82) is 5.26 Å². The van der Waals surface area contributed by atoms with E-state index < -0.39 is 5.91 Å². The van der Waals surface area contributed by atoms with Crippen LogP contribution in [0, 0.1) is 25.2 Å². The van der Waals surface area contributed by atoms with Gasteiger partial charge in [-0.3, -0.25) is 9.59 Å². The van der Waals surface area contributed by atoms with Crippen molar-refractivity contribution in [2.75, 3.05) is 31.6 Å². The van der Waals surface area contributed by atoms with Gasteiger partial charge in [-0.05, 0) is 49.2 Å². The fraction of sp³-hybridized carbons (Fsp3) is 0.269. The van der Waals surface area contributed by atoms with Crippen molar-refractivity contribution in [1.82, 2.24) is 9.47 Å². The predicted molar refractivity (Wildman–Crippen MR) is 127 cm³/mol. The van der Waals surface area contributed by atoms with Crippen molar-refractivity contribution in [2.45, 2.75) is 20.4 Å². The SMILES string of the molecule is Cc1ccc(NC(=O)/C(C#N)=C/c2cn(CC(=O)N3CCOCC3)c3ccccc23)cc1C. The molecule has 4 rings (SSSR count). The minimum absolute atomic E-state index is 0.00404. The maximum atomic E-state index is 12.8. The first kappa shape index (κ1) is 22.3. The highest BCUT2D eigenvalue weighted by atomic mass is 16.5. The molecule has 7 heteroatoms. The van der Waals surface area contributed by atoms with Crippen LogP contribution in [0.1, 0.15) is 16.7 Å². The molecular formula is C26H26N4O3. The number of nitriles is 1. The molecule has 1 aromatic heterocycles. The Labute approximate surface area is 192 Å². The number of carbonyl (C=O) groups excluding carboxylic acids is 2. The number of amides is 2. The Balaban J connectivity index is 1.61. The Kier molecular flexibility index (Phi) is 6.57. The number of benzene rings is 2. The Bertz CT molecular complexity index is 1280. The first-order valence-electron chi connectivity index (χ1n) is 10.9. The zero-order chi connectivity index (χ0) is 23.4. The molecule has 0 atom stereocenters. The molecule has 0 radical (unpaired) electrons. The molecule has 0 aliphatic carbocycles. The predicted octanol–water partition coefficient (Wildman–Crippen LogP) is 3.66. The molecule has 1 aliphatic heterocycles. The second-order valence-corrected chi connectivity index (χ2v) is 8.15. The third-order valence-corrected chi connectivity index (χ3v) is 5.92. The molecule has 0 bridgehead atoms. The molecule has 2 heterocycles. The number of aromatic nitrogens is 1. The van der Waals surface area contributed by atoms with E-state index in [-0.39, 0.29) is 18.0 Å². The van der Waals surface area contributed by atoms with Crippen LogP contribution in [-0.4, -0.2) is 47.6 Å². The first-order valence-corrected chi connectivity index (χ1v) is 10.9. The molecule has 3 aromatic rings. The third-order valence-electron chi connectivity index (χ3n) is 5.92. The van der Waals surface area contributed by atoms with Gasteiger partial charge in [0.1, 0.15) is 18.2 Å². The molecule has 1 fully saturated rings. The lowest BCUT2D eigenvalue weighted by Crippen LogP contribution is -2.42. The summed E-state index contributed by atoms with van der Waals surface area (Å²) >= 11 is 0. The van der Waals surface area contributed by atoms with Gasteiger partial charge in [0.25, 0.3) is 5.91 Å². The largest absolute Gasteiger partial charge is 0.378 e. The number of hydrogen-bond donors (Lipinski definition) is 1. The maximum absolute atomic E-state index is 12.8. The summed E-state index contributed by atoms with van der Waals surface area (Å²) in [6.07, 6.45) is 3.40. The van der Waals surface area contributed by atoms with Gasteiger partial charge < -0.3 is 19.5 Å². The quantitative estimate of drug-likeness (QED) is 0.483. The number of para-hydroxylation sites is 1. The van der Waals surface area contributed by atoms with Gasteiger partial charge in [0.2, 0.25) is 5.91 Å². The third kappa shape index (κ3) is 4.97. The molecule has 0 unspecified atom stereocenters. The lowest BCUT2D eigenvalue weighted by molar-refractivity contribution is -0.135. The zero-order valence-corrected chi connectivity index (χ0v) is 18.8. The summed E-state index contributed by atoms with van der Waals surface area (Å²) < 4.78 is 7.20. The Morgan fingerprint density at radius 2 is 1.88 bits per heavy atom. The van der Waals surface area contributed by atoms with Crippen molar-refractivity contribution >= 4 is 34.5 Å². The smallest absolute Gasteiger partial charge is 0.266 e. The highest BCUT2D eigenvalue weighted by Gasteiger charge is 2.19. The molecule has 1 aliphatic rings. The van der Waals surface area contributed by atoms with Gasteiger partial charge in [-0.15, -0.1) is 0 Å². The second kappa shape index (κ2) is 9.72. The van der Waals surface area contributed by atoms with E-state index in [1.165, 1.54) is 0 Å². The van der Waals surface area contributed by atoms with Crippen molar-refractivity contribution in [3.8, 4) is 6.07 Å². The lowest BCUT2D eigenvalue weighted by atomic mass is 10.1. The average molecular weight is 443 g/mol. The number of ether oxygens (including phenoxy) is 1. The fourth-order valence-corrected chi connectivity index (χ4v) is 3.90. The lowest BCUT2D eigenvalue weighted by Gasteiger charge is -2.27. The van der Waals surface area contributed by atoms with Gasteiger partial charge in [0.15, 0.2) is 0 Å². The summed E-state index contributed by atoms with van der Waals surface area (Å²) in [6.45, 7) is 6.43. The number of rotatable bonds is 5. The highest BCUT2D eigenvalue weighted by molar-refractivity contribution is 6.10. The standard InChI is InChI=1S/C26H26N4O3/c1-18-7-8-22(13-19(18)2)28-26(32)20(15-27)14-21-16-30(24-6-4-3-5-23(21)24)17-25(31)29-9-11-33-12-10-29/h3-8,13-14,16H,9-12,17H2,1-2H3,(H,28,32)/b20-14+. The number of aryl methyl sites for hydroxylation is 2. The number of nitrogens with zero attached hydrogens (tertiary/aromatic N) is 3. The number of fused-ring (bicyclic) bond motifs is 1. The molecule has 7 nitrogen and oxygen atoms in total. The summed E-state index contributed by atoms with van der Waals surface area (Å²) in [5.74, 6) is -0.454. The molecule has 168 valence electrons. The van der Waals surface area contributed by atoms with Crippen molar-refractivity contribution in [2.24, 2.45) is 0 Å². The fourth-order valence-electron chi connectivity index (χ4n) is 3.90. The van der Waals surface area contributed by atoms with Crippen LogP contribution in [0.4, 0.5) is 5.69 Å². The topological polar surface area (TPSA) is 87.4 Å². The highest BCUT2D eigenvalue weighted by Crippen LogP contribution is 2.24. The van der Waals surface area contributed by atoms with Crippen LogP contribution in [0.15, 0.2) is 54.2 Å². The number of morpholine rings is 1. The minimum atomic E-state index is -0.470.